The lowest BCUT2D eigenvalue weighted by Gasteiger charge is -2.51. The lowest BCUT2D eigenvalue weighted by molar-refractivity contribution is -0.0923. The quantitative estimate of drug-likeness (QED) is 0.736. The molecule has 96 valence electrons. The van der Waals surface area contributed by atoms with Crippen molar-refractivity contribution in [3.63, 3.8) is 0 Å². The smallest absolute Gasteiger partial charge is 0.0749 e. The predicted molar refractivity (Wildman–Crippen MR) is 72.5 cm³/mol. The molecule has 0 saturated heterocycles. The molecule has 0 aliphatic heterocycles. The van der Waals surface area contributed by atoms with E-state index in [4.69, 9.17) is 0 Å². The van der Waals surface area contributed by atoms with Gasteiger partial charge in [-0.25, -0.2) is 0 Å². The molecule has 2 saturated carbocycles. The molecule has 2 fully saturated rings. The summed E-state index contributed by atoms with van der Waals surface area (Å²) in [5.74, 6) is 1.82. The van der Waals surface area contributed by atoms with Crippen molar-refractivity contribution in [2.24, 2.45) is 11.8 Å². The highest BCUT2D eigenvalue weighted by Crippen LogP contribution is 2.57. The highest BCUT2D eigenvalue weighted by molar-refractivity contribution is 5.37. The zero-order valence-corrected chi connectivity index (χ0v) is 10.9. The van der Waals surface area contributed by atoms with Gasteiger partial charge in [-0.1, -0.05) is 37.1 Å². The molecular weight excluding hydrogens is 220 g/mol. The van der Waals surface area contributed by atoms with Gasteiger partial charge >= 0.3 is 0 Å². The Hall–Kier alpha value is -0.820. The van der Waals surface area contributed by atoms with Crippen LogP contribution in [0.1, 0.15) is 55.6 Å². The third-order valence-corrected chi connectivity index (χ3v) is 5.96. The van der Waals surface area contributed by atoms with Gasteiger partial charge in [-0.2, -0.15) is 0 Å². The Labute approximate surface area is 109 Å². The van der Waals surface area contributed by atoms with Gasteiger partial charge in [0.15, 0.2) is 0 Å². The van der Waals surface area contributed by atoms with Crippen LogP contribution in [-0.2, 0) is 6.42 Å². The minimum Gasteiger partial charge on any atom is -0.389 e. The summed E-state index contributed by atoms with van der Waals surface area (Å²) < 4.78 is 0. The average molecular weight is 242 g/mol. The minimum absolute atomic E-state index is 0.381. The molecule has 3 aliphatic rings. The van der Waals surface area contributed by atoms with Gasteiger partial charge in [-0.3, -0.25) is 0 Å². The molecule has 0 unspecified atom stereocenters. The first-order chi connectivity index (χ1) is 8.79. The highest BCUT2D eigenvalue weighted by atomic mass is 16.3. The molecule has 1 nitrogen and oxygen atoms in total. The number of hydrogen-bond acceptors (Lipinski definition) is 1. The zero-order chi connectivity index (χ0) is 12.2. The third kappa shape index (κ3) is 1.37. The van der Waals surface area contributed by atoms with Gasteiger partial charge in [-0.05, 0) is 55.1 Å². The van der Waals surface area contributed by atoms with Crippen molar-refractivity contribution in [3.8, 4) is 0 Å². The van der Waals surface area contributed by atoms with E-state index in [1.54, 1.807) is 0 Å². The van der Waals surface area contributed by atoms with Crippen LogP contribution >= 0.6 is 0 Å². The van der Waals surface area contributed by atoms with Crippen LogP contribution in [0.5, 0.6) is 0 Å². The van der Waals surface area contributed by atoms with Crippen LogP contribution in [0.25, 0.3) is 0 Å². The molecule has 4 rings (SSSR count). The molecule has 1 aromatic rings. The van der Waals surface area contributed by atoms with Gasteiger partial charge < -0.3 is 5.11 Å². The number of benzene rings is 1. The van der Waals surface area contributed by atoms with Crippen molar-refractivity contribution >= 4 is 0 Å². The molecule has 3 aliphatic carbocycles. The van der Waals surface area contributed by atoms with Crippen LogP contribution in [0.15, 0.2) is 24.3 Å². The topological polar surface area (TPSA) is 20.2 Å². The van der Waals surface area contributed by atoms with Crippen LogP contribution in [-0.4, -0.2) is 10.7 Å². The zero-order valence-electron chi connectivity index (χ0n) is 10.9. The van der Waals surface area contributed by atoms with E-state index in [1.165, 1.54) is 43.2 Å². The number of aryl methyl sites for hydroxylation is 1. The lowest BCUT2D eigenvalue weighted by Crippen LogP contribution is -2.51. The van der Waals surface area contributed by atoms with Crippen molar-refractivity contribution in [2.75, 3.05) is 0 Å². The monoisotopic (exact) mass is 242 g/mol. The fraction of sp³-hybridized carbons (Fsp3) is 0.647. The van der Waals surface area contributed by atoms with Crippen LogP contribution < -0.4 is 0 Å². The fourth-order valence-electron chi connectivity index (χ4n) is 5.15. The Morgan fingerprint density at radius 2 is 1.94 bits per heavy atom. The molecule has 0 radical (unpaired) electrons. The van der Waals surface area contributed by atoms with Gasteiger partial charge in [0.05, 0.1) is 5.60 Å². The first kappa shape index (κ1) is 11.0. The van der Waals surface area contributed by atoms with E-state index in [1.807, 2.05) is 0 Å². The van der Waals surface area contributed by atoms with Gasteiger partial charge in [0, 0.05) is 5.92 Å². The van der Waals surface area contributed by atoms with Crippen LogP contribution in [0.4, 0.5) is 0 Å². The number of fused-ring (bicyclic) bond motifs is 5. The second-order valence-electron chi connectivity index (χ2n) is 6.62. The molecule has 1 heteroatoms. The maximum Gasteiger partial charge on any atom is 0.0749 e. The minimum atomic E-state index is -0.381. The summed E-state index contributed by atoms with van der Waals surface area (Å²) in [6.45, 7) is 0. The van der Waals surface area contributed by atoms with Crippen LogP contribution in [0, 0.1) is 11.8 Å². The van der Waals surface area contributed by atoms with Crippen LogP contribution in [0.2, 0.25) is 0 Å². The average Bonchev–Trinajstić information content (AvgIpc) is 2.88. The summed E-state index contributed by atoms with van der Waals surface area (Å²) in [4.78, 5) is 0. The van der Waals surface area contributed by atoms with Crippen LogP contribution in [0.3, 0.4) is 0 Å². The summed E-state index contributed by atoms with van der Waals surface area (Å²) in [7, 11) is 0. The number of aliphatic hydroxyl groups is 1. The molecule has 0 bridgehead atoms. The molecule has 4 atom stereocenters. The van der Waals surface area contributed by atoms with E-state index < -0.39 is 0 Å². The molecule has 0 spiro atoms. The first-order valence-corrected chi connectivity index (χ1v) is 7.59. The molecule has 1 N–H and O–H groups in total. The maximum absolute atomic E-state index is 11.3. The second-order valence-corrected chi connectivity index (χ2v) is 6.62. The van der Waals surface area contributed by atoms with E-state index in [0.29, 0.717) is 11.8 Å². The summed E-state index contributed by atoms with van der Waals surface area (Å²) >= 11 is 0. The molecule has 0 amide bonds. The summed E-state index contributed by atoms with van der Waals surface area (Å²) in [6.07, 6.45) is 8.58. The SMILES string of the molecule is O[C@@]12CCc3ccccc3[C@H]1CC[C@@H]1CCC[C@H]12. The molecular formula is C17H22O. The van der Waals surface area contributed by atoms with Gasteiger partial charge in [0.2, 0.25) is 0 Å². The van der Waals surface area contributed by atoms with Crippen molar-refractivity contribution in [3.05, 3.63) is 35.4 Å². The Morgan fingerprint density at radius 1 is 1.06 bits per heavy atom. The molecule has 0 heterocycles. The van der Waals surface area contributed by atoms with Gasteiger partial charge in [0.25, 0.3) is 0 Å². The Kier molecular flexibility index (Phi) is 2.35. The first-order valence-electron chi connectivity index (χ1n) is 7.59. The predicted octanol–water partition coefficient (Wildman–Crippen LogP) is 3.66. The second kappa shape index (κ2) is 3.84. The summed E-state index contributed by atoms with van der Waals surface area (Å²) in [5.41, 5.74) is 2.56. The van der Waals surface area contributed by atoms with Gasteiger partial charge in [0.1, 0.15) is 0 Å². The molecule has 18 heavy (non-hydrogen) atoms. The summed E-state index contributed by atoms with van der Waals surface area (Å²) in [5, 5.41) is 11.3. The normalized spacial score (nSPS) is 41.9. The number of hydrogen-bond donors (Lipinski definition) is 1. The van der Waals surface area contributed by atoms with E-state index in [-0.39, 0.29) is 5.60 Å². The fourth-order valence-corrected chi connectivity index (χ4v) is 5.15. The van der Waals surface area contributed by atoms with E-state index in [2.05, 4.69) is 24.3 Å². The van der Waals surface area contributed by atoms with Crippen molar-refractivity contribution < 1.29 is 5.11 Å². The molecule has 0 aromatic heterocycles. The summed E-state index contributed by atoms with van der Waals surface area (Å²) in [6, 6.07) is 8.81. The van der Waals surface area contributed by atoms with E-state index in [0.717, 1.165) is 18.8 Å². The van der Waals surface area contributed by atoms with Crippen molar-refractivity contribution in [1.29, 1.82) is 0 Å². The van der Waals surface area contributed by atoms with Crippen molar-refractivity contribution in [2.45, 2.75) is 56.5 Å². The Bertz CT molecular complexity index is 466. The lowest BCUT2D eigenvalue weighted by atomic mass is 9.58. The standard InChI is InChI=1S/C17H22O/c18-17-11-10-12-4-1-2-6-14(12)16(17)9-8-13-5-3-7-15(13)17/h1-2,4,6,13,15-16,18H,3,5,7-11H2/t13-,15+,16+,17+/m0/s1. The molecule has 1 aromatic carbocycles. The maximum atomic E-state index is 11.3. The van der Waals surface area contributed by atoms with E-state index in [9.17, 15) is 5.11 Å². The Balaban J connectivity index is 1.78. The number of rotatable bonds is 0. The highest BCUT2D eigenvalue weighted by Gasteiger charge is 2.53. The largest absolute Gasteiger partial charge is 0.389 e. The Morgan fingerprint density at radius 3 is 2.89 bits per heavy atom. The van der Waals surface area contributed by atoms with E-state index >= 15 is 0 Å². The van der Waals surface area contributed by atoms with Gasteiger partial charge in [-0.15, -0.1) is 0 Å². The third-order valence-electron chi connectivity index (χ3n) is 5.96. The van der Waals surface area contributed by atoms with Crippen molar-refractivity contribution in [1.82, 2.24) is 0 Å².